The molecule has 1 saturated carbocycles. The van der Waals surface area contributed by atoms with Crippen LogP contribution in [0.4, 0.5) is 0 Å². The molecule has 2 fully saturated rings. The van der Waals surface area contributed by atoms with Gasteiger partial charge in [-0.15, -0.1) is 0 Å². The van der Waals surface area contributed by atoms with E-state index in [0.29, 0.717) is 23.5 Å². The van der Waals surface area contributed by atoms with Gasteiger partial charge in [0.05, 0.1) is 0 Å². The van der Waals surface area contributed by atoms with Gasteiger partial charge in [0, 0.05) is 17.0 Å². The minimum Gasteiger partial charge on any atom is -0.489 e. The van der Waals surface area contributed by atoms with Crippen LogP contribution in [-0.2, 0) is 11.8 Å². The fourth-order valence-electron chi connectivity index (χ4n) is 7.02. The van der Waals surface area contributed by atoms with E-state index in [1.54, 1.807) is 11.1 Å². The number of hydrogen-bond donors (Lipinski definition) is 0. The quantitative estimate of drug-likeness (QED) is 0.767. The first-order chi connectivity index (χ1) is 11.5. The molecule has 127 valence electrons. The van der Waals surface area contributed by atoms with E-state index in [9.17, 15) is 0 Å². The third-order valence-corrected chi connectivity index (χ3v) is 8.18. The highest BCUT2D eigenvalue weighted by Crippen LogP contribution is 2.69. The third kappa shape index (κ3) is 1.54. The summed E-state index contributed by atoms with van der Waals surface area (Å²) in [6.07, 6.45) is 6.74. The molecule has 3 heteroatoms. The van der Waals surface area contributed by atoms with E-state index < -0.39 is 0 Å². The second kappa shape index (κ2) is 4.81. The van der Waals surface area contributed by atoms with Gasteiger partial charge in [-0.2, -0.15) is 0 Å². The van der Waals surface area contributed by atoms with Crippen molar-refractivity contribution < 1.29 is 4.74 Å². The van der Waals surface area contributed by atoms with Gasteiger partial charge in [-0.1, -0.05) is 32.2 Å². The molecule has 24 heavy (non-hydrogen) atoms. The van der Waals surface area contributed by atoms with Gasteiger partial charge >= 0.3 is 0 Å². The van der Waals surface area contributed by atoms with Crippen LogP contribution in [-0.4, -0.2) is 37.9 Å². The summed E-state index contributed by atoms with van der Waals surface area (Å²) in [7, 11) is 4.71. The van der Waals surface area contributed by atoms with E-state index in [0.717, 1.165) is 0 Å². The van der Waals surface area contributed by atoms with Crippen LogP contribution in [0.2, 0.25) is 13.1 Å². The van der Waals surface area contributed by atoms with Gasteiger partial charge in [-0.25, -0.2) is 0 Å². The minimum atomic E-state index is 0.255. The fraction of sp³-hybridized carbons (Fsp3) is 0.714. The van der Waals surface area contributed by atoms with Crippen LogP contribution < -0.4 is 4.74 Å². The molecular weight excluding hydrogens is 293 g/mol. The zero-order valence-corrected chi connectivity index (χ0v) is 15.6. The molecule has 2 nitrogen and oxygen atoms in total. The Morgan fingerprint density at radius 2 is 2.17 bits per heavy atom. The molecule has 0 N–H and O–H groups in total. The Labute approximate surface area is 147 Å². The summed E-state index contributed by atoms with van der Waals surface area (Å²) in [5.41, 5.74) is 5.16. The van der Waals surface area contributed by atoms with Crippen LogP contribution in [0.3, 0.4) is 0 Å². The lowest BCUT2D eigenvalue weighted by atomic mass is 9.42. The van der Waals surface area contributed by atoms with Crippen LogP contribution in [0.25, 0.3) is 0 Å². The van der Waals surface area contributed by atoms with E-state index in [2.05, 4.69) is 52.0 Å². The second-order valence-corrected chi connectivity index (χ2v) is 9.07. The monoisotopic (exact) mass is 322 g/mol. The largest absolute Gasteiger partial charge is 0.489 e. The Morgan fingerprint density at radius 1 is 1.33 bits per heavy atom. The maximum absolute atomic E-state index is 6.84. The topological polar surface area (TPSA) is 12.5 Å². The van der Waals surface area contributed by atoms with Gasteiger partial charge in [0.25, 0.3) is 0 Å². The Balaban J connectivity index is 1.78. The van der Waals surface area contributed by atoms with Crippen molar-refractivity contribution in [3.05, 3.63) is 28.8 Å². The van der Waals surface area contributed by atoms with Crippen LogP contribution in [0, 0.1) is 18.3 Å². The summed E-state index contributed by atoms with van der Waals surface area (Å²) in [5.74, 6) is 1.94. The van der Waals surface area contributed by atoms with Crippen molar-refractivity contribution in [1.82, 2.24) is 4.90 Å². The molecule has 1 radical (unpaired) electrons. The smallest absolute Gasteiger partial charge is 0.126 e. The first-order valence-electron chi connectivity index (χ1n) is 9.80. The molecule has 2 bridgehead atoms. The first-order valence-corrected chi connectivity index (χ1v) is 9.80. The highest BCUT2D eigenvalue weighted by molar-refractivity contribution is 6.33. The van der Waals surface area contributed by atoms with Crippen molar-refractivity contribution in [1.29, 1.82) is 0 Å². The maximum Gasteiger partial charge on any atom is 0.126 e. The zero-order chi connectivity index (χ0) is 16.7. The van der Waals surface area contributed by atoms with Crippen LogP contribution in [0.5, 0.6) is 5.75 Å². The minimum absolute atomic E-state index is 0.255. The Bertz CT molecular complexity index is 703. The lowest BCUT2D eigenvalue weighted by Crippen LogP contribution is -2.70. The Morgan fingerprint density at radius 3 is 2.96 bits per heavy atom. The molecule has 0 amide bonds. The van der Waals surface area contributed by atoms with Crippen molar-refractivity contribution in [3.8, 4) is 5.75 Å². The van der Waals surface area contributed by atoms with E-state index in [1.807, 2.05) is 0 Å². The molecule has 4 aliphatic rings. The van der Waals surface area contributed by atoms with Crippen LogP contribution in [0.1, 0.15) is 42.9 Å². The number of likely N-dealkylation sites (N-methyl/N-ethyl adjacent to an activating group) is 1. The lowest BCUT2D eigenvalue weighted by Gasteiger charge is -2.65. The molecule has 0 aromatic heterocycles. The summed E-state index contributed by atoms with van der Waals surface area (Å²) in [5, 5.41) is 0. The summed E-state index contributed by atoms with van der Waals surface area (Å²) >= 11 is 0. The van der Waals surface area contributed by atoms with E-state index >= 15 is 0 Å². The van der Waals surface area contributed by atoms with Crippen LogP contribution in [0.15, 0.2) is 12.1 Å². The van der Waals surface area contributed by atoms with Gasteiger partial charge in [0.15, 0.2) is 0 Å². The van der Waals surface area contributed by atoms with Gasteiger partial charge in [-0.05, 0) is 68.7 Å². The number of hydrogen-bond acceptors (Lipinski definition) is 2. The number of likely N-dealkylation sites (tertiary alicyclic amines) is 1. The summed E-state index contributed by atoms with van der Waals surface area (Å²) < 4.78 is 6.84. The van der Waals surface area contributed by atoms with Crippen molar-refractivity contribution in [2.45, 2.75) is 70.2 Å². The molecule has 2 aliphatic heterocycles. The van der Waals surface area contributed by atoms with Gasteiger partial charge in [0.1, 0.15) is 19.1 Å². The molecule has 2 heterocycles. The molecule has 1 aromatic carbocycles. The number of aryl methyl sites for hydroxylation is 1. The molecule has 1 saturated heterocycles. The average Bonchev–Trinajstić information content (AvgIpc) is 2.91. The fourth-order valence-corrected chi connectivity index (χ4v) is 7.02. The number of rotatable bonds is 2. The predicted octanol–water partition coefficient (Wildman–Crippen LogP) is 3.84. The highest BCUT2D eigenvalue weighted by Gasteiger charge is 2.70. The van der Waals surface area contributed by atoms with Gasteiger partial charge < -0.3 is 9.64 Å². The molecule has 5 atom stereocenters. The highest BCUT2D eigenvalue weighted by atomic mass is 16.5. The molecule has 1 aromatic rings. The van der Waals surface area contributed by atoms with E-state index in [1.165, 1.54) is 49.9 Å². The van der Waals surface area contributed by atoms with Crippen molar-refractivity contribution in [2.75, 3.05) is 13.6 Å². The molecule has 2 aliphatic carbocycles. The summed E-state index contributed by atoms with van der Waals surface area (Å²) in [6.45, 7) is 8.26. The third-order valence-electron chi connectivity index (χ3n) is 8.18. The van der Waals surface area contributed by atoms with Crippen molar-refractivity contribution in [2.24, 2.45) is 11.3 Å². The molecule has 5 rings (SSSR count). The number of piperidine rings is 1. The Hall–Kier alpha value is -0.955. The number of benzene rings is 1. The maximum atomic E-state index is 6.84. The first kappa shape index (κ1) is 15.3. The summed E-state index contributed by atoms with van der Waals surface area (Å²) in [4.78, 5) is 2.65. The Kier molecular flexibility index (Phi) is 3.07. The standard InChI is InChI=1S/C21H29BNO/c1-13-5-6-14-11-16-20(2)8-7-15(12-22-3)19-21(20,9-10-23(16)4)17(14)18(13)24-19/h5-6,15-16,19H,7-12H2,1-4H3/t15?,16-,19+,20?,21+/m1/s1. The van der Waals surface area contributed by atoms with Gasteiger partial charge in [0.2, 0.25) is 0 Å². The van der Waals surface area contributed by atoms with E-state index in [4.69, 9.17) is 4.74 Å². The number of nitrogens with zero attached hydrogens (tertiary/aromatic N) is 1. The average molecular weight is 322 g/mol. The van der Waals surface area contributed by atoms with E-state index in [-0.39, 0.29) is 5.41 Å². The van der Waals surface area contributed by atoms with Crippen molar-refractivity contribution >= 4 is 7.28 Å². The molecule has 2 unspecified atom stereocenters. The van der Waals surface area contributed by atoms with Crippen LogP contribution >= 0.6 is 0 Å². The van der Waals surface area contributed by atoms with Gasteiger partial charge in [-0.3, -0.25) is 0 Å². The SMILES string of the molecule is C[B]CC1CCC2(C)[C@H]3Cc4ccc(C)c5c4[C@@]2(CCN3C)[C@H]1O5. The summed E-state index contributed by atoms with van der Waals surface area (Å²) in [6, 6.07) is 5.37. The molecular formula is C21H29BNO. The lowest BCUT2D eigenvalue weighted by molar-refractivity contribution is -0.124. The predicted molar refractivity (Wildman–Crippen MR) is 99.3 cm³/mol. The number of ether oxygens (including phenoxy) is 1. The van der Waals surface area contributed by atoms with Crippen molar-refractivity contribution in [3.63, 3.8) is 0 Å². The second-order valence-electron chi connectivity index (χ2n) is 9.07. The molecule has 1 spiro atoms. The zero-order valence-electron chi connectivity index (χ0n) is 15.6. The normalized spacial score (nSPS) is 42.4.